The minimum absolute atomic E-state index is 0.225. The van der Waals surface area contributed by atoms with Crippen molar-refractivity contribution in [1.29, 1.82) is 0 Å². The van der Waals surface area contributed by atoms with Crippen LogP contribution in [0.25, 0.3) is 0 Å². The summed E-state index contributed by atoms with van der Waals surface area (Å²) in [4.78, 5) is 11.9. The Kier molecular flexibility index (Phi) is 6.15. The van der Waals surface area contributed by atoms with Crippen molar-refractivity contribution >= 4 is 5.97 Å². The summed E-state index contributed by atoms with van der Waals surface area (Å²) in [6, 6.07) is 4.38. The molecule has 0 aliphatic heterocycles. The van der Waals surface area contributed by atoms with Crippen LogP contribution in [0.1, 0.15) is 32.8 Å². The lowest BCUT2D eigenvalue weighted by Gasteiger charge is -2.30. The molecule has 0 fully saturated rings. The zero-order valence-corrected chi connectivity index (χ0v) is 13.3. The highest BCUT2D eigenvalue weighted by Gasteiger charge is 2.35. The highest BCUT2D eigenvalue weighted by Crippen LogP contribution is 2.23. The first-order valence-electron chi connectivity index (χ1n) is 7.08. The van der Waals surface area contributed by atoms with Gasteiger partial charge in [0.25, 0.3) is 0 Å². The van der Waals surface area contributed by atoms with Crippen molar-refractivity contribution in [3.63, 3.8) is 0 Å². The van der Waals surface area contributed by atoms with Gasteiger partial charge >= 0.3 is 5.97 Å². The third-order valence-electron chi connectivity index (χ3n) is 3.36. The number of likely N-dealkylation sites (N-methyl/N-ethyl adjacent to an activating group) is 1. The van der Waals surface area contributed by atoms with Crippen LogP contribution in [0.5, 0.6) is 5.75 Å². The first kappa shape index (κ1) is 17.4. The Morgan fingerprint density at radius 2 is 2.14 bits per heavy atom. The molecule has 0 saturated carbocycles. The number of benzene rings is 1. The van der Waals surface area contributed by atoms with E-state index in [1.165, 1.54) is 19.2 Å². The van der Waals surface area contributed by atoms with Gasteiger partial charge in [-0.3, -0.25) is 4.79 Å². The van der Waals surface area contributed by atoms with Gasteiger partial charge in [-0.2, -0.15) is 0 Å². The summed E-state index contributed by atoms with van der Waals surface area (Å²) in [6.07, 6.45) is 0.224. The van der Waals surface area contributed by atoms with Crippen LogP contribution in [0.2, 0.25) is 0 Å². The molecule has 2 unspecified atom stereocenters. The number of aryl methyl sites for hydroxylation is 1. The Labute approximate surface area is 125 Å². The second-order valence-corrected chi connectivity index (χ2v) is 5.40. The number of rotatable bonds is 7. The quantitative estimate of drug-likeness (QED) is 0.786. The van der Waals surface area contributed by atoms with Crippen molar-refractivity contribution in [2.45, 2.75) is 45.8 Å². The first-order valence-corrected chi connectivity index (χ1v) is 7.08. The van der Waals surface area contributed by atoms with Crippen LogP contribution in [0.4, 0.5) is 4.39 Å². The molecule has 5 heteroatoms. The maximum absolute atomic E-state index is 13.1. The molecule has 0 amide bonds. The third kappa shape index (κ3) is 4.70. The maximum Gasteiger partial charge on any atom is 0.325 e. The van der Waals surface area contributed by atoms with Crippen molar-refractivity contribution in [2.24, 2.45) is 0 Å². The number of halogens is 1. The zero-order chi connectivity index (χ0) is 16.0. The number of carbonyl (C=O) groups excluding carboxylic acids is 1. The molecule has 4 nitrogen and oxygen atoms in total. The van der Waals surface area contributed by atoms with E-state index >= 15 is 0 Å². The van der Waals surface area contributed by atoms with E-state index in [-0.39, 0.29) is 17.9 Å². The predicted molar refractivity (Wildman–Crippen MR) is 79.9 cm³/mol. The van der Waals surface area contributed by atoms with Gasteiger partial charge < -0.3 is 14.8 Å². The van der Waals surface area contributed by atoms with Gasteiger partial charge in [0.15, 0.2) is 0 Å². The highest BCUT2D eigenvalue weighted by molar-refractivity contribution is 5.80. The summed E-state index contributed by atoms with van der Waals surface area (Å²) in [5.41, 5.74) is -0.0818. The number of nitrogens with one attached hydrogen (secondary N) is 1. The number of hydrogen-bond donors (Lipinski definition) is 1. The normalized spacial score (nSPS) is 15.1. The van der Waals surface area contributed by atoms with E-state index in [1.807, 2.05) is 13.8 Å². The zero-order valence-electron chi connectivity index (χ0n) is 13.3. The Bertz CT molecular complexity index is 492. The molecule has 0 radical (unpaired) electrons. The summed E-state index contributed by atoms with van der Waals surface area (Å²) in [7, 11) is 1.37. The van der Waals surface area contributed by atoms with Gasteiger partial charge in [-0.1, -0.05) is 6.92 Å². The molecule has 1 N–H and O–H groups in total. The van der Waals surface area contributed by atoms with Crippen LogP contribution in [-0.4, -0.2) is 31.3 Å². The Balaban J connectivity index is 2.78. The van der Waals surface area contributed by atoms with E-state index in [9.17, 15) is 9.18 Å². The molecule has 0 bridgehead atoms. The van der Waals surface area contributed by atoms with Gasteiger partial charge in [0, 0.05) is 6.42 Å². The van der Waals surface area contributed by atoms with Gasteiger partial charge in [-0.15, -0.1) is 0 Å². The fourth-order valence-electron chi connectivity index (χ4n) is 2.42. The predicted octanol–water partition coefficient (Wildman–Crippen LogP) is 2.83. The van der Waals surface area contributed by atoms with Crippen molar-refractivity contribution in [3.8, 4) is 5.75 Å². The minimum atomic E-state index is -0.809. The molecule has 0 saturated heterocycles. The molecular weight excluding hydrogens is 273 g/mol. The fourth-order valence-corrected chi connectivity index (χ4v) is 2.42. The van der Waals surface area contributed by atoms with E-state index in [1.54, 1.807) is 19.9 Å². The van der Waals surface area contributed by atoms with Crippen LogP contribution < -0.4 is 10.1 Å². The number of ether oxygens (including phenoxy) is 2. The maximum atomic E-state index is 13.1. The van der Waals surface area contributed by atoms with Crippen LogP contribution in [-0.2, 0) is 9.53 Å². The molecule has 118 valence electrons. The van der Waals surface area contributed by atoms with Gasteiger partial charge in [0.05, 0.1) is 13.2 Å². The number of methoxy groups -OCH3 is 1. The Morgan fingerprint density at radius 1 is 1.48 bits per heavy atom. The van der Waals surface area contributed by atoms with Crippen molar-refractivity contribution in [1.82, 2.24) is 5.32 Å². The standard InChI is InChI=1S/C16H24FNO3/c1-6-18-16(4,15(19)20-5)10-12(3)21-14-8-7-13(17)9-11(14)2/h7-9,12,18H,6,10H2,1-5H3. The highest BCUT2D eigenvalue weighted by atomic mass is 19.1. The summed E-state index contributed by atoms with van der Waals surface area (Å²) >= 11 is 0. The topological polar surface area (TPSA) is 47.6 Å². The largest absolute Gasteiger partial charge is 0.490 e. The third-order valence-corrected chi connectivity index (χ3v) is 3.36. The first-order chi connectivity index (χ1) is 9.82. The van der Waals surface area contributed by atoms with Crippen LogP contribution >= 0.6 is 0 Å². The SMILES string of the molecule is CCNC(C)(CC(C)Oc1ccc(F)cc1C)C(=O)OC. The molecule has 0 spiro atoms. The van der Waals surface area contributed by atoms with Gasteiger partial charge in [-0.25, -0.2) is 4.39 Å². The molecule has 0 aromatic heterocycles. The van der Waals surface area contributed by atoms with Crippen LogP contribution in [0.15, 0.2) is 18.2 Å². The van der Waals surface area contributed by atoms with Crippen molar-refractivity contribution in [2.75, 3.05) is 13.7 Å². The van der Waals surface area contributed by atoms with E-state index < -0.39 is 5.54 Å². The second kappa shape index (κ2) is 7.41. The lowest BCUT2D eigenvalue weighted by molar-refractivity contribution is -0.149. The number of hydrogen-bond acceptors (Lipinski definition) is 4. The minimum Gasteiger partial charge on any atom is -0.490 e. The van der Waals surface area contributed by atoms with Crippen molar-refractivity contribution < 1.29 is 18.7 Å². The summed E-state index contributed by atoms with van der Waals surface area (Å²) in [5, 5.41) is 3.14. The van der Waals surface area contributed by atoms with E-state index in [4.69, 9.17) is 9.47 Å². The summed E-state index contributed by atoms with van der Waals surface area (Å²) < 4.78 is 23.8. The van der Waals surface area contributed by atoms with Gasteiger partial charge in [-0.05, 0) is 51.1 Å². The molecule has 1 aromatic rings. The molecule has 1 rings (SSSR count). The fraction of sp³-hybridized carbons (Fsp3) is 0.562. The van der Waals surface area contributed by atoms with E-state index in [0.29, 0.717) is 18.7 Å². The smallest absolute Gasteiger partial charge is 0.325 e. The average Bonchev–Trinajstić information content (AvgIpc) is 2.41. The molecule has 0 aliphatic carbocycles. The van der Waals surface area contributed by atoms with Crippen LogP contribution in [0.3, 0.4) is 0 Å². The molecule has 21 heavy (non-hydrogen) atoms. The molecule has 1 aromatic carbocycles. The van der Waals surface area contributed by atoms with Gasteiger partial charge in [0.1, 0.15) is 17.1 Å². The molecule has 0 heterocycles. The summed E-state index contributed by atoms with van der Waals surface area (Å²) in [6.45, 7) is 8.03. The van der Waals surface area contributed by atoms with E-state index in [2.05, 4.69) is 5.32 Å². The van der Waals surface area contributed by atoms with Gasteiger partial charge in [0.2, 0.25) is 0 Å². The van der Waals surface area contributed by atoms with Crippen LogP contribution in [0, 0.1) is 12.7 Å². The monoisotopic (exact) mass is 297 g/mol. The molecular formula is C16H24FNO3. The molecule has 2 atom stereocenters. The number of carbonyl (C=O) groups is 1. The number of esters is 1. The van der Waals surface area contributed by atoms with E-state index in [0.717, 1.165) is 5.56 Å². The Hall–Kier alpha value is -1.62. The summed E-state index contributed by atoms with van der Waals surface area (Å²) in [5.74, 6) is 0.00259. The van der Waals surface area contributed by atoms with Crippen molar-refractivity contribution in [3.05, 3.63) is 29.6 Å². The average molecular weight is 297 g/mol. The lowest BCUT2D eigenvalue weighted by atomic mass is 9.94. The Morgan fingerprint density at radius 3 is 2.67 bits per heavy atom. The lowest BCUT2D eigenvalue weighted by Crippen LogP contribution is -2.52. The second-order valence-electron chi connectivity index (χ2n) is 5.40. The molecule has 0 aliphatic rings.